The molecule has 0 aliphatic carbocycles. The summed E-state index contributed by atoms with van der Waals surface area (Å²) >= 11 is 1.90. The van der Waals surface area contributed by atoms with E-state index in [1.165, 1.54) is 40.3 Å². The van der Waals surface area contributed by atoms with Gasteiger partial charge in [-0.05, 0) is 86.9 Å². The second-order valence-electron chi connectivity index (χ2n) is 9.24. The van der Waals surface area contributed by atoms with Gasteiger partial charge in [-0.25, -0.2) is 0 Å². The van der Waals surface area contributed by atoms with E-state index in [2.05, 4.69) is 29.7 Å². The van der Waals surface area contributed by atoms with Gasteiger partial charge < -0.3 is 19.3 Å². The van der Waals surface area contributed by atoms with Crippen LogP contribution in [-0.2, 0) is 24.1 Å². The average molecular weight is 457 g/mol. The van der Waals surface area contributed by atoms with Crippen LogP contribution < -0.4 is 9.47 Å². The number of carbonyl (C=O) groups is 1. The highest BCUT2D eigenvalue weighted by Gasteiger charge is 2.27. The first kappa shape index (κ1) is 23.1. The van der Waals surface area contributed by atoms with Crippen LogP contribution in [0, 0.1) is 19.8 Å². The van der Waals surface area contributed by atoms with Crippen LogP contribution in [0.25, 0.3) is 0 Å². The van der Waals surface area contributed by atoms with E-state index >= 15 is 0 Å². The van der Waals surface area contributed by atoms with Gasteiger partial charge in [0.25, 0.3) is 0 Å². The molecule has 2 aliphatic heterocycles. The lowest BCUT2D eigenvalue weighted by molar-refractivity contribution is -0.131. The molecule has 0 saturated carbocycles. The fourth-order valence-corrected chi connectivity index (χ4v) is 6.21. The smallest absolute Gasteiger partial charge is 0.227 e. The lowest BCUT2D eigenvalue weighted by Crippen LogP contribution is -2.44. The summed E-state index contributed by atoms with van der Waals surface area (Å²) in [5, 5.41) is 0. The number of hydrogen-bond donors (Lipinski definition) is 0. The van der Waals surface area contributed by atoms with Gasteiger partial charge in [-0.3, -0.25) is 4.79 Å². The van der Waals surface area contributed by atoms with Gasteiger partial charge in [0.2, 0.25) is 5.91 Å². The van der Waals surface area contributed by atoms with Crippen LogP contribution in [0.2, 0.25) is 0 Å². The molecular weight excluding hydrogens is 420 g/mol. The minimum absolute atomic E-state index is 0.234. The molecule has 1 fully saturated rings. The first-order valence-electron chi connectivity index (χ1n) is 11.8. The number of methoxy groups -OCH3 is 2. The normalized spacial score (nSPS) is 19.6. The molecule has 6 heteroatoms. The number of rotatable bonds is 7. The molecule has 1 atom stereocenters. The molecule has 4 rings (SSSR count). The number of nitrogens with zero attached hydrogens (tertiary/aromatic N) is 2. The summed E-state index contributed by atoms with van der Waals surface area (Å²) in [4.78, 5) is 20.6. The number of ether oxygens (including phenoxy) is 2. The van der Waals surface area contributed by atoms with Gasteiger partial charge in [0.05, 0.1) is 20.6 Å². The van der Waals surface area contributed by atoms with Gasteiger partial charge in [0, 0.05) is 35.9 Å². The average Bonchev–Trinajstić information content (AvgIpc) is 3.03. The lowest BCUT2D eigenvalue weighted by Gasteiger charge is -2.35. The predicted octanol–water partition coefficient (Wildman–Crippen LogP) is 4.26. The summed E-state index contributed by atoms with van der Waals surface area (Å²) in [5.74, 6) is 2.23. The van der Waals surface area contributed by atoms with Crippen molar-refractivity contribution in [3.63, 3.8) is 0 Å². The van der Waals surface area contributed by atoms with Crippen molar-refractivity contribution in [2.24, 2.45) is 5.92 Å². The van der Waals surface area contributed by atoms with Crippen molar-refractivity contribution in [3.05, 3.63) is 44.6 Å². The maximum Gasteiger partial charge on any atom is 0.227 e. The number of fused-ring (bicyclic) bond motifs is 1. The topological polar surface area (TPSA) is 42.0 Å². The number of piperidine rings is 1. The molecule has 1 amide bonds. The first-order valence-corrected chi connectivity index (χ1v) is 12.6. The number of amides is 1. The largest absolute Gasteiger partial charge is 0.493 e. The summed E-state index contributed by atoms with van der Waals surface area (Å²) in [6.07, 6.45) is 4.89. The Labute approximate surface area is 196 Å². The first-order chi connectivity index (χ1) is 15.5. The van der Waals surface area contributed by atoms with Crippen molar-refractivity contribution in [2.45, 2.75) is 46.0 Å². The van der Waals surface area contributed by atoms with Crippen molar-refractivity contribution in [3.8, 4) is 11.5 Å². The van der Waals surface area contributed by atoms with Crippen molar-refractivity contribution >= 4 is 17.2 Å². The Morgan fingerprint density at radius 3 is 2.50 bits per heavy atom. The fraction of sp³-hybridized carbons (Fsp3) is 0.577. The summed E-state index contributed by atoms with van der Waals surface area (Å²) in [7, 11) is 3.30. The molecule has 2 aromatic rings. The highest BCUT2D eigenvalue weighted by Crippen LogP contribution is 2.33. The van der Waals surface area contributed by atoms with Crippen LogP contribution in [-0.4, -0.2) is 62.7 Å². The third-order valence-electron chi connectivity index (χ3n) is 6.97. The van der Waals surface area contributed by atoms with Crippen LogP contribution >= 0.6 is 11.3 Å². The number of likely N-dealkylation sites (tertiary alicyclic amines) is 1. The highest BCUT2D eigenvalue weighted by atomic mass is 32.1. The van der Waals surface area contributed by atoms with E-state index in [1.807, 2.05) is 23.5 Å². The van der Waals surface area contributed by atoms with E-state index in [4.69, 9.17) is 9.47 Å². The fourth-order valence-electron chi connectivity index (χ4n) is 5.23. The van der Waals surface area contributed by atoms with Gasteiger partial charge in [-0.15, -0.1) is 11.3 Å². The molecule has 0 radical (unpaired) electrons. The summed E-state index contributed by atoms with van der Waals surface area (Å²) in [5.41, 5.74) is 3.77. The molecule has 1 aromatic carbocycles. The number of thiophene rings is 1. The molecule has 1 aromatic heterocycles. The maximum atomic E-state index is 13.1. The zero-order chi connectivity index (χ0) is 22.7. The molecule has 1 saturated heterocycles. The Bertz CT molecular complexity index is 955. The van der Waals surface area contributed by atoms with E-state index in [0.717, 1.165) is 50.3 Å². The molecule has 0 bridgehead atoms. The third-order valence-corrected chi connectivity index (χ3v) is 7.98. The second-order valence-corrected chi connectivity index (χ2v) is 10.7. The molecule has 174 valence electrons. The van der Waals surface area contributed by atoms with Crippen molar-refractivity contribution in [1.82, 2.24) is 9.80 Å². The molecule has 3 heterocycles. The van der Waals surface area contributed by atoms with Gasteiger partial charge >= 0.3 is 0 Å². The Hall–Kier alpha value is -2.05. The van der Waals surface area contributed by atoms with Crippen LogP contribution in [0.3, 0.4) is 0 Å². The molecule has 32 heavy (non-hydrogen) atoms. The van der Waals surface area contributed by atoms with Crippen LogP contribution in [0.5, 0.6) is 11.5 Å². The third kappa shape index (κ3) is 5.29. The van der Waals surface area contributed by atoms with Crippen LogP contribution in [0.4, 0.5) is 0 Å². The summed E-state index contributed by atoms with van der Waals surface area (Å²) < 4.78 is 10.9. The van der Waals surface area contributed by atoms with Crippen LogP contribution in [0.1, 0.15) is 39.3 Å². The maximum absolute atomic E-state index is 13.1. The van der Waals surface area contributed by atoms with Gasteiger partial charge in [0.1, 0.15) is 0 Å². The Balaban J connectivity index is 1.35. The number of benzene rings is 1. The minimum atomic E-state index is 0.234. The zero-order valence-electron chi connectivity index (χ0n) is 19.9. The molecular formula is C26H36N2O3S. The predicted molar refractivity (Wildman–Crippen MR) is 130 cm³/mol. The Morgan fingerprint density at radius 1 is 1.06 bits per heavy atom. The SMILES string of the molecule is COc1cc2c(cc1OC)CC(=O)N(CC1CCCN(CCc3cc(C)sc3C)C1)CC2. The van der Waals surface area contributed by atoms with Gasteiger partial charge in [-0.2, -0.15) is 0 Å². The number of aryl methyl sites for hydroxylation is 2. The van der Waals surface area contributed by atoms with E-state index in [9.17, 15) is 4.79 Å². The van der Waals surface area contributed by atoms with E-state index in [1.54, 1.807) is 14.2 Å². The van der Waals surface area contributed by atoms with Crippen molar-refractivity contribution in [1.29, 1.82) is 0 Å². The zero-order valence-corrected chi connectivity index (χ0v) is 20.7. The minimum Gasteiger partial charge on any atom is -0.493 e. The summed E-state index contributed by atoms with van der Waals surface area (Å²) in [6, 6.07) is 6.37. The monoisotopic (exact) mass is 456 g/mol. The molecule has 0 N–H and O–H groups in total. The van der Waals surface area contributed by atoms with Crippen molar-refractivity contribution < 1.29 is 14.3 Å². The van der Waals surface area contributed by atoms with Crippen molar-refractivity contribution in [2.75, 3.05) is 46.9 Å². The number of hydrogen-bond acceptors (Lipinski definition) is 5. The molecule has 1 unspecified atom stereocenters. The van der Waals surface area contributed by atoms with E-state index < -0.39 is 0 Å². The standard InChI is InChI=1S/C26H36N2O3S/c1-18-12-21(19(2)32-18)7-10-27-9-5-6-20(16-27)17-28-11-8-22-13-24(30-3)25(31-4)14-23(22)15-26(28)29/h12-14,20H,5-11,15-17H2,1-4H3. The summed E-state index contributed by atoms with van der Waals surface area (Å²) in [6.45, 7) is 9.48. The quantitative estimate of drug-likeness (QED) is 0.624. The van der Waals surface area contributed by atoms with E-state index in [0.29, 0.717) is 18.1 Å². The molecule has 0 spiro atoms. The second kappa shape index (κ2) is 10.3. The molecule has 2 aliphatic rings. The van der Waals surface area contributed by atoms with Gasteiger partial charge in [-0.1, -0.05) is 0 Å². The number of carbonyl (C=O) groups excluding carboxylic acids is 1. The van der Waals surface area contributed by atoms with E-state index in [-0.39, 0.29) is 5.91 Å². The molecule has 5 nitrogen and oxygen atoms in total. The highest BCUT2D eigenvalue weighted by molar-refractivity contribution is 7.12. The van der Waals surface area contributed by atoms with Crippen LogP contribution in [0.15, 0.2) is 18.2 Å². The van der Waals surface area contributed by atoms with Gasteiger partial charge in [0.15, 0.2) is 11.5 Å². The Kier molecular flexibility index (Phi) is 7.41. The Morgan fingerprint density at radius 2 is 1.81 bits per heavy atom. The lowest BCUT2D eigenvalue weighted by atomic mass is 9.96.